The van der Waals surface area contributed by atoms with Gasteiger partial charge in [0.05, 0.1) is 38.6 Å². The Hall–Kier alpha value is -3.81. The number of amides is 1. The van der Waals surface area contributed by atoms with Crippen molar-refractivity contribution in [2.24, 2.45) is 0 Å². The van der Waals surface area contributed by atoms with Gasteiger partial charge >= 0.3 is 0 Å². The molecule has 0 bridgehead atoms. The molecule has 3 saturated heterocycles. The molecule has 3 heterocycles. The fourth-order valence-electron chi connectivity index (χ4n) is 13.9. The van der Waals surface area contributed by atoms with E-state index in [0.29, 0.717) is 6.42 Å². The van der Waals surface area contributed by atoms with Crippen molar-refractivity contribution in [3.05, 3.63) is 122 Å². The van der Waals surface area contributed by atoms with E-state index in [1.54, 1.807) is 6.08 Å². The number of nitrogens with one attached hydrogen (secondary N) is 1. The molecule has 0 saturated carbocycles. The number of carbonyl (C=O) groups is 1. The van der Waals surface area contributed by atoms with E-state index >= 15 is 0 Å². The van der Waals surface area contributed by atoms with Crippen molar-refractivity contribution in [2.45, 2.75) is 413 Å². The molecule has 17 atom stereocenters. The Morgan fingerprint density at radius 2 is 0.633 bits per heavy atom. The van der Waals surface area contributed by atoms with E-state index < -0.39 is 124 Å². The van der Waals surface area contributed by atoms with Gasteiger partial charge in [0.15, 0.2) is 18.9 Å². The molecule has 0 radical (unpaired) electrons. The molecule has 628 valence electrons. The second kappa shape index (κ2) is 68.6. The summed E-state index contributed by atoms with van der Waals surface area (Å²) in [6.07, 6.45) is 70.5. The Morgan fingerprint density at radius 1 is 0.339 bits per heavy atom. The van der Waals surface area contributed by atoms with Crippen LogP contribution in [0.25, 0.3) is 0 Å². The molecular weight excluding hydrogens is 1380 g/mol. The van der Waals surface area contributed by atoms with Gasteiger partial charge in [0, 0.05) is 6.42 Å². The molecule has 3 rings (SSSR count). The molecular formula is C90H155NO18. The minimum Gasteiger partial charge on any atom is -0.394 e. The van der Waals surface area contributed by atoms with Gasteiger partial charge in [-0.05, 0) is 89.9 Å². The first-order valence-corrected chi connectivity index (χ1v) is 43.3. The third-order valence-corrected chi connectivity index (χ3v) is 20.8. The van der Waals surface area contributed by atoms with Crippen LogP contribution in [-0.4, -0.2) is 193 Å². The third-order valence-electron chi connectivity index (χ3n) is 20.8. The van der Waals surface area contributed by atoms with E-state index in [-0.39, 0.29) is 18.9 Å². The standard InChI is InChI=1S/C90H155NO18/c1-3-5-7-9-11-13-15-17-19-21-23-25-27-29-31-33-35-36-38-39-41-43-45-47-49-51-53-55-57-59-61-63-65-67-74(95)73(91-78(96)68-66-64-62-60-58-56-54-52-50-48-46-44-42-40-37-34-32-30-28-26-24-22-20-18-16-14-12-10-8-6-4-2)72-104-88-84(102)81(99)86(76(70-93)106-88)109-90-85(103)82(100)87(77(71-94)107-90)108-89-83(101)80(98)79(97)75(69-92)105-89/h6,8,12,14,18,20,24,26,30,32,37,40,44,46,50,52,56,58,65,67,73-77,79-90,92-95,97-103H,3-5,7,9-11,13,15-17,19,21-23,25,27-29,31,33-36,38-39,41-43,45,47-49,51,53-55,57,59-64,66,68-72H2,1-2H3,(H,91,96)/b8-6-,14-12-,20-18-,26-24-,32-30-,40-37-,46-44-,52-50-,58-56-,67-65+. The molecule has 12 N–H and O–H groups in total. The highest BCUT2D eigenvalue weighted by atomic mass is 16.8. The van der Waals surface area contributed by atoms with E-state index in [9.17, 15) is 61.0 Å². The van der Waals surface area contributed by atoms with Crippen molar-refractivity contribution in [2.75, 3.05) is 26.4 Å². The van der Waals surface area contributed by atoms with Crippen LogP contribution in [0.5, 0.6) is 0 Å². The highest BCUT2D eigenvalue weighted by Gasteiger charge is 2.54. The van der Waals surface area contributed by atoms with Gasteiger partial charge in [-0.25, -0.2) is 0 Å². The zero-order valence-corrected chi connectivity index (χ0v) is 67.5. The summed E-state index contributed by atoms with van der Waals surface area (Å²) in [5, 5.41) is 121. The zero-order chi connectivity index (χ0) is 78.8. The maximum Gasteiger partial charge on any atom is 0.220 e. The lowest BCUT2D eigenvalue weighted by atomic mass is 9.96. The Labute approximate surface area is 658 Å². The number of aliphatic hydroxyl groups is 11. The highest BCUT2D eigenvalue weighted by molar-refractivity contribution is 5.76. The molecule has 109 heavy (non-hydrogen) atoms. The van der Waals surface area contributed by atoms with Gasteiger partial charge in [0.2, 0.25) is 5.91 Å². The van der Waals surface area contributed by atoms with Gasteiger partial charge in [0.1, 0.15) is 73.2 Å². The monoisotopic (exact) mass is 1540 g/mol. The van der Waals surface area contributed by atoms with Crippen LogP contribution in [0.4, 0.5) is 0 Å². The smallest absolute Gasteiger partial charge is 0.220 e. The fraction of sp³-hybridized carbons (Fsp3) is 0.767. The zero-order valence-electron chi connectivity index (χ0n) is 67.5. The molecule has 0 aromatic rings. The predicted molar refractivity (Wildman–Crippen MR) is 438 cm³/mol. The molecule has 0 spiro atoms. The molecule has 3 aliphatic rings. The number of aliphatic hydroxyl groups excluding tert-OH is 11. The molecule has 3 fully saturated rings. The van der Waals surface area contributed by atoms with Gasteiger partial charge in [-0.1, -0.05) is 334 Å². The average molecular weight is 1540 g/mol. The second-order valence-corrected chi connectivity index (χ2v) is 30.3. The van der Waals surface area contributed by atoms with Crippen LogP contribution in [0.15, 0.2) is 122 Å². The summed E-state index contributed by atoms with van der Waals surface area (Å²) in [5.74, 6) is -0.309. The summed E-state index contributed by atoms with van der Waals surface area (Å²) in [5.41, 5.74) is 0. The van der Waals surface area contributed by atoms with Crippen molar-refractivity contribution in [3.8, 4) is 0 Å². The number of ether oxygens (including phenoxy) is 6. The van der Waals surface area contributed by atoms with Crippen molar-refractivity contribution in [1.29, 1.82) is 0 Å². The van der Waals surface area contributed by atoms with Crippen molar-refractivity contribution in [1.82, 2.24) is 5.32 Å². The van der Waals surface area contributed by atoms with E-state index in [1.807, 2.05) is 6.08 Å². The van der Waals surface area contributed by atoms with Crippen LogP contribution in [-0.2, 0) is 33.2 Å². The quantitative estimate of drug-likeness (QED) is 0.0199. The van der Waals surface area contributed by atoms with E-state index in [4.69, 9.17) is 28.4 Å². The lowest BCUT2D eigenvalue weighted by Gasteiger charge is -2.48. The van der Waals surface area contributed by atoms with Crippen molar-refractivity contribution < 1.29 is 89.4 Å². The highest BCUT2D eigenvalue weighted by Crippen LogP contribution is 2.33. The Bertz CT molecular complexity index is 2440. The first-order chi connectivity index (χ1) is 53.3. The topological polar surface area (TPSA) is 307 Å². The molecule has 1 amide bonds. The molecule has 19 heteroatoms. The lowest BCUT2D eigenvalue weighted by Crippen LogP contribution is -2.66. The first-order valence-electron chi connectivity index (χ1n) is 43.3. The molecule has 17 unspecified atom stereocenters. The predicted octanol–water partition coefficient (Wildman–Crippen LogP) is 15.8. The van der Waals surface area contributed by atoms with E-state index in [1.165, 1.54) is 180 Å². The number of rotatable bonds is 68. The van der Waals surface area contributed by atoms with Crippen molar-refractivity contribution >= 4 is 5.91 Å². The van der Waals surface area contributed by atoms with E-state index in [2.05, 4.69) is 129 Å². The number of unbranched alkanes of at least 4 members (excludes halogenated alkanes) is 34. The molecule has 19 nitrogen and oxygen atoms in total. The van der Waals surface area contributed by atoms with Gasteiger partial charge in [0.25, 0.3) is 0 Å². The number of hydrogen-bond acceptors (Lipinski definition) is 18. The Morgan fingerprint density at radius 3 is 0.991 bits per heavy atom. The van der Waals surface area contributed by atoms with Gasteiger partial charge in [-0.2, -0.15) is 0 Å². The summed E-state index contributed by atoms with van der Waals surface area (Å²) in [6.45, 7) is 1.62. The minimum absolute atomic E-state index is 0.196. The summed E-state index contributed by atoms with van der Waals surface area (Å²) < 4.78 is 34.5. The molecule has 3 aliphatic heterocycles. The van der Waals surface area contributed by atoms with Crippen LogP contribution >= 0.6 is 0 Å². The van der Waals surface area contributed by atoms with Crippen LogP contribution in [0, 0.1) is 0 Å². The summed E-state index contributed by atoms with van der Waals surface area (Å²) in [7, 11) is 0. The third kappa shape index (κ3) is 47.6. The maximum atomic E-state index is 13.5. The number of allylic oxidation sites excluding steroid dienone is 19. The SMILES string of the molecule is CC/C=C\C/C=C\C/C=C\C/C=C\C/C=C\C/C=C\C/C=C\C/C=C\C/C=C\CCCCCC(=O)NC(COC1OC(CO)C(OC2OC(CO)C(OC3OC(CO)C(O)C(O)C3O)C(O)C2O)C(O)C1O)C(O)/C=C/CCCCCCCCCCCCCCCCCCCCCCCCCCCCCCCCC. The first kappa shape index (κ1) is 99.4. The number of hydrogen-bond donors (Lipinski definition) is 12. The van der Waals surface area contributed by atoms with E-state index in [0.717, 1.165) is 103 Å². The molecule has 0 aromatic carbocycles. The van der Waals surface area contributed by atoms with Crippen LogP contribution in [0.2, 0.25) is 0 Å². The average Bonchev–Trinajstić information content (AvgIpc) is 0.782. The normalized spacial score (nSPS) is 25.9. The van der Waals surface area contributed by atoms with Gasteiger partial charge < -0.3 is 89.9 Å². The molecule has 0 aliphatic carbocycles. The Kier molecular flexibility index (Phi) is 62.5. The summed E-state index contributed by atoms with van der Waals surface area (Å²) in [4.78, 5) is 13.5. The largest absolute Gasteiger partial charge is 0.394 e. The van der Waals surface area contributed by atoms with Crippen LogP contribution in [0.1, 0.15) is 309 Å². The van der Waals surface area contributed by atoms with Gasteiger partial charge in [-0.15, -0.1) is 0 Å². The lowest BCUT2D eigenvalue weighted by molar-refractivity contribution is -0.379. The van der Waals surface area contributed by atoms with Crippen LogP contribution < -0.4 is 5.32 Å². The second-order valence-electron chi connectivity index (χ2n) is 30.3. The molecule has 0 aromatic heterocycles. The van der Waals surface area contributed by atoms with Crippen molar-refractivity contribution in [3.63, 3.8) is 0 Å². The maximum absolute atomic E-state index is 13.5. The minimum atomic E-state index is -1.99. The summed E-state index contributed by atoms with van der Waals surface area (Å²) >= 11 is 0. The fourth-order valence-corrected chi connectivity index (χ4v) is 13.9. The number of carbonyl (C=O) groups excluding carboxylic acids is 1. The Balaban J connectivity index is 1.37. The summed E-state index contributed by atoms with van der Waals surface area (Å²) in [6, 6.07) is -1.00. The van der Waals surface area contributed by atoms with Crippen LogP contribution in [0.3, 0.4) is 0 Å². The van der Waals surface area contributed by atoms with Gasteiger partial charge in [-0.3, -0.25) is 4.79 Å².